The van der Waals surface area contributed by atoms with Crippen LogP contribution in [0.5, 0.6) is 0 Å². The van der Waals surface area contributed by atoms with E-state index in [0.29, 0.717) is 53.6 Å². The van der Waals surface area contributed by atoms with Crippen molar-refractivity contribution in [3.8, 4) is 0 Å². The third-order valence-corrected chi connectivity index (χ3v) is 8.54. The molecular formula is C27H33BrN6O4. The summed E-state index contributed by atoms with van der Waals surface area (Å²) in [5.74, 6) is 0.395. The van der Waals surface area contributed by atoms with Crippen molar-refractivity contribution in [1.82, 2.24) is 14.8 Å². The Kier molecular flexibility index (Phi) is 7.06. The first-order valence-electron chi connectivity index (χ1n) is 13.1. The molecule has 2 N–H and O–H groups in total. The van der Waals surface area contributed by atoms with Crippen molar-refractivity contribution < 1.29 is 14.5 Å². The summed E-state index contributed by atoms with van der Waals surface area (Å²) in [6, 6.07) is 4.67. The Morgan fingerprint density at radius 3 is 2.42 bits per heavy atom. The number of hydrogen-bond acceptors (Lipinski definition) is 7. The van der Waals surface area contributed by atoms with Crippen molar-refractivity contribution in [3.63, 3.8) is 0 Å². The highest BCUT2D eigenvalue weighted by atomic mass is 79.9. The normalized spacial score (nSPS) is 23.8. The van der Waals surface area contributed by atoms with Crippen LogP contribution in [-0.2, 0) is 0 Å². The van der Waals surface area contributed by atoms with E-state index >= 15 is 0 Å². The number of nitrogens with one attached hydrogen (secondary N) is 2. The van der Waals surface area contributed by atoms with Gasteiger partial charge in [0.15, 0.2) is 0 Å². The maximum absolute atomic E-state index is 13.8. The number of nitro benzene ring substituents is 1. The molecule has 10 nitrogen and oxygen atoms in total. The van der Waals surface area contributed by atoms with E-state index in [2.05, 4.69) is 45.4 Å². The summed E-state index contributed by atoms with van der Waals surface area (Å²) in [5.41, 5.74) is 1.46. The Bertz CT molecular complexity index is 1270. The lowest BCUT2D eigenvalue weighted by Gasteiger charge is -2.35. The zero-order chi connectivity index (χ0) is 27.2. The van der Waals surface area contributed by atoms with Gasteiger partial charge in [0, 0.05) is 61.6 Å². The summed E-state index contributed by atoms with van der Waals surface area (Å²) in [7, 11) is 1.77. The molecule has 38 heavy (non-hydrogen) atoms. The van der Waals surface area contributed by atoms with Gasteiger partial charge in [0.2, 0.25) is 0 Å². The molecule has 5 rings (SSSR count). The number of amides is 2. The maximum Gasteiger partial charge on any atom is 0.294 e. The van der Waals surface area contributed by atoms with Crippen LogP contribution in [0.25, 0.3) is 0 Å². The number of pyridine rings is 1. The molecule has 3 fully saturated rings. The number of piperidine rings is 1. The van der Waals surface area contributed by atoms with Gasteiger partial charge in [-0.1, -0.05) is 29.8 Å². The van der Waals surface area contributed by atoms with Gasteiger partial charge in [0.25, 0.3) is 17.5 Å². The van der Waals surface area contributed by atoms with E-state index in [4.69, 9.17) is 0 Å². The maximum atomic E-state index is 13.8. The molecule has 1 aromatic heterocycles. The summed E-state index contributed by atoms with van der Waals surface area (Å²) in [4.78, 5) is 46.6. The zero-order valence-electron chi connectivity index (χ0n) is 21.9. The topological polar surface area (TPSA) is 121 Å². The molecule has 0 radical (unpaired) electrons. The van der Waals surface area contributed by atoms with E-state index in [-0.39, 0.29) is 34.6 Å². The quantitative estimate of drug-likeness (QED) is 0.375. The average molecular weight is 586 g/mol. The minimum atomic E-state index is -0.447. The van der Waals surface area contributed by atoms with Gasteiger partial charge in [-0.3, -0.25) is 24.7 Å². The van der Waals surface area contributed by atoms with Crippen LogP contribution in [0.4, 0.5) is 17.1 Å². The Morgan fingerprint density at radius 1 is 1.08 bits per heavy atom. The minimum Gasteiger partial charge on any atom is -0.387 e. The number of hydrogen-bond donors (Lipinski definition) is 2. The van der Waals surface area contributed by atoms with Crippen molar-refractivity contribution in [1.29, 1.82) is 0 Å². The fourth-order valence-corrected chi connectivity index (χ4v) is 6.54. The molecule has 2 amide bonds. The van der Waals surface area contributed by atoms with Gasteiger partial charge in [-0.05, 0) is 43.2 Å². The predicted molar refractivity (Wildman–Crippen MR) is 148 cm³/mol. The number of carbonyl (C=O) groups is 2. The molecule has 0 unspecified atom stereocenters. The van der Waals surface area contributed by atoms with E-state index in [0.717, 1.165) is 24.9 Å². The third-order valence-electron chi connectivity index (χ3n) is 8.09. The van der Waals surface area contributed by atoms with Gasteiger partial charge in [0.05, 0.1) is 27.8 Å². The zero-order valence-corrected chi connectivity index (χ0v) is 23.5. The van der Waals surface area contributed by atoms with Gasteiger partial charge in [-0.2, -0.15) is 0 Å². The standard InChI is InChI=1S/C27H33BrN6O4/c1-16-6-17(2)13-32(12-16)26(36)21-8-19(28)9-22(34(37)38)24(21)31-23-14-33(15-27(23)4-5-27)25(35)18-7-20(29-3)11-30-10-18/h7-11,16-17,23,29,31H,4-6,12-15H2,1-3H3/t16-,17+,23-/m0/s1. The first-order chi connectivity index (χ1) is 18.1. The Morgan fingerprint density at radius 2 is 1.79 bits per heavy atom. The molecular weight excluding hydrogens is 552 g/mol. The smallest absolute Gasteiger partial charge is 0.294 e. The third kappa shape index (κ3) is 5.08. The monoisotopic (exact) mass is 584 g/mol. The lowest BCUT2D eigenvalue weighted by molar-refractivity contribution is -0.384. The highest BCUT2D eigenvalue weighted by Crippen LogP contribution is 2.54. The first-order valence-corrected chi connectivity index (χ1v) is 13.9. The molecule has 0 bridgehead atoms. The van der Waals surface area contributed by atoms with Crippen molar-refractivity contribution in [3.05, 3.63) is 56.3 Å². The van der Waals surface area contributed by atoms with Gasteiger partial charge >= 0.3 is 0 Å². The van der Waals surface area contributed by atoms with E-state index in [1.54, 1.807) is 36.5 Å². The fraction of sp³-hybridized carbons (Fsp3) is 0.519. The summed E-state index contributed by atoms with van der Waals surface area (Å²) >= 11 is 3.38. The van der Waals surface area contributed by atoms with Crippen molar-refractivity contribution >= 4 is 44.8 Å². The number of likely N-dealkylation sites (tertiary alicyclic amines) is 2. The summed E-state index contributed by atoms with van der Waals surface area (Å²) in [6.45, 7) is 6.45. The number of carbonyl (C=O) groups excluding carboxylic acids is 2. The van der Waals surface area contributed by atoms with Crippen molar-refractivity contribution in [2.24, 2.45) is 17.3 Å². The van der Waals surface area contributed by atoms with Crippen molar-refractivity contribution in [2.75, 3.05) is 43.9 Å². The molecule has 3 heterocycles. The molecule has 1 aromatic carbocycles. The number of rotatable bonds is 6. The van der Waals surface area contributed by atoms with E-state index in [1.807, 2.05) is 4.90 Å². The number of aromatic nitrogens is 1. The lowest BCUT2D eigenvalue weighted by atomic mass is 9.91. The molecule has 1 spiro atoms. The summed E-state index contributed by atoms with van der Waals surface area (Å²) in [6.07, 6.45) is 6.09. The van der Waals surface area contributed by atoms with Crippen LogP contribution in [0.15, 0.2) is 35.1 Å². The van der Waals surface area contributed by atoms with Crippen LogP contribution in [-0.4, -0.2) is 70.8 Å². The molecule has 2 saturated heterocycles. The molecule has 3 aliphatic rings. The predicted octanol–water partition coefficient (Wildman–Crippen LogP) is 4.63. The number of nitro groups is 1. The Hall–Kier alpha value is -3.21. The number of benzene rings is 1. The fourth-order valence-electron chi connectivity index (χ4n) is 6.10. The number of nitrogens with zero attached hydrogens (tertiary/aromatic N) is 4. The lowest BCUT2D eigenvalue weighted by Crippen LogP contribution is -2.43. The average Bonchev–Trinajstić information content (AvgIpc) is 3.58. The van der Waals surface area contributed by atoms with E-state index < -0.39 is 4.92 Å². The number of anilines is 2. The molecule has 2 aliphatic heterocycles. The molecule has 1 saturated carbocycles. The van der Waals surface area contributed by atoms with Crippen LogP contribution >= 0.6 is 15.9 Å². The van der Waals surface area contributed by atoms with Gasteiger partial charge in [-0.15, -0.1) is 0 Å². The highest BCUT2D eigenvalue weighted by molar-refractivity contribution is 9.10. The minimum absolute atomic E-state index is 0.122. The van der Waals surface area contributed by atoms with Crippen molar-refractivity contribution in [2.45, 2.75) is 39.2 Å². The van der Waals surface area contributed by atoms with Gasteiger partial charge < -0.3 is 20.4 Å². The Labute approximate surface area is 230 Å². The SMILES string of the molecule is CNc1cncc(C(=O)N2C[C@H](Nc3c(C(=O)N4C[C@H](C)C[C@H](C)C4)cc(Br)cc3[N+](=O)[O-])C3(CC3)C2)c1. The molecule has 2 aromatic rings. The van der Waals surface area contributed by atoms with Crippen LogP contribution < -0.4 is 10.6 Å². The molecule has 1 aliphatic carbocycles. The highest BCUT2D eigenvalue weighted by Gasteiger charge is 2.56. The van der Waals surface area contributed by atoms with Crippen LogP contribution in [0.2, 0.25) is 0 Å². The second kappa shape index (κ2) is 10.2. The largest absolute Gasteiger partial charge is 0.387 e. The first kappa shape index (κ1) is 26.4. The van der Waals surface area contributed by atoms with Gasteiger partial charge in [0.1, 0.15) is 5.69 Å². The Balaban J connectivity index is 1.45. The van der Waals surface area contributed by atoms with E-state index in [1.165, 1.54) is 6.07 Å². The van der Waals surface area contributed by atoms with Gasteiger partial charge in [-0.25, -0.2) is 0 Å². The molecule has 11 heteroatoms. The molecule has 3 atom stereocenters. The van der Waals surface area contributed by atoms with E-state index in [9.17, 15) is 19.7 Å². The summed E-state index contributed by atoms with van der Waals surface area (Å²) < 4.78 is 0.484. The molecule has 202 valence electrons. The van der Waals surface area contributed by atoms with Crippen LogP contribution in [0, 0.1) is 27.4 Å². The van der Waals surface area contributed by atoms with Crippen LogP contribution in [0.3, 0.4) is 0 Å². The number of halogens is 1. The summed E-state index contributed by atoms with van der Waals surface area (Å²) in [5, 5.41) is 18.6. The van der Waals surface area contributed by atoms with Crippen LogP contribution in [0.1, 0.15) is 53.8 Å². The second-order valence-corrected chi connectivity index (χ2v) is 12.1. The second-order valence-electron chi connectivity index (χ2n) is 11.2.